The Kier molecular flexibility index (Phi) is 9.13. The van der Waals surface area contributed by atoms with E-state index in [9.17, 15) is 9.18 Å². The molecule has 1 saturated carbocycles. The Morgan fingerprint density at radius 2 is 1.81 bits per heavy atom. The second kappa shape index (κ2) is 13.4. The van der Waals surface area contributed by atoms with E-state index < -0.39 is 23.1 Å². The van der Waals surface area contributed by atoms with Crippen LogP contribution in [0.5, 0.6) is 11.8 Å². The van der Waals surface area contributed by atoms with Gasteiger partial charge in [-0.3, -0.25) is 9.80 Å². The molecule has 0 radical (unpaired) electrons. The zero-order chi connectivity index (χ0) is 36.5. The summed E-state index contributed by atoms with van der Waals surface area (Å²) in [5, 5.41) is 0.966. The minimum Gasteiger partial charge on any atom is -0.467 e. The van der Waals surface area contributed by atoms with Crippen molar-refractivity contribution < 1.29 is 32.5 Å². The number of anilines is 1. The van der Waals surface area contributed by atoms with Crippen molar-refractivity contribution >= 4 is 34.4 Å². The number of nitrogens with zero attached hydrogens (tertiary/aromatic N) is 6. The van der Waals surface area contributed by atoms with Crippen molar-refractivity contribution in [3.63, 3.8) is 0 Å². The first kappa shape index (κ1) is 35.5. The van der Waals surface area contributed by atoms with E-state index in [-0.39, 0.29) is 54.7 Å². The molecule has 3 aromatic rings. The highest BCUT2D eigenvalue weighted by Crippen LogP contribution is 2.50. The number of methoxy groups -OCH3 is 1. The summed E-state index contributed by atoms with van der Waals surface area (Å²) in [6.07, 6.45) is 4.45. The van der Waals surface area contributed by atoms with Gasteiger partial charge in [-0.05, 0) is 96.4 Å². The van der Waals surface area contributed by atoms with E-state index in [2.05, 4.69) is 9.80 Å². The van der Waals surface area contributed by atoms with Crippen LogP contribution in [0.1, 0.15) is 82.9 Å². The molecule has 0 spiro atoms. The smallest absolute Gasteiger partial charge is 0.410 e. The monoisotopic (exact) mass is 740 g/mol. The first-order chi connectivity index (χ1) is 24.8. The van der Waals surface area contributed by atoms with E-state index in [0.717, 1.165) is 50.6 Å². The molecule has 4 atom stereocenters. The van der Waals surface area contributed by atoms with Crippen LogP contribution in [0.25, 0.3) is 22.2 Å². The molecule has 4 aliphatic heterocycles. The molecule has 1 aromatic carbocycles. The molecule has 5 fully saturated rings. The zero-order valence-corrected chi connectivity index (χ0v) is 31.3. The van der Waals surface area contributed by atoms with E-state index in [1.54, 1.807) is 12.1 Å². The highest BCUT2D eigenvalue weighted by Gasteiger charge is 2.50. The number of fused-ring (bicyclic) bond motifs is 4. The molecule has 8 rings (SSSR count). The fourth-order valence-corrected chi connectivity index (χ4v) is 9.26. The van der Waals surface area contributed by atoms with Gasteiger partial charge in [-0.15, -0.1) is 0 Å². The van der Waals surface area contributed by atoms with Crippen LogP contribution in [0.2, 0.25) is 5.02 Å². The lowest BCUT2D eigenvalue weighted by Crippen LogP contribution is -2.57. The number of aryl methyl sites for hydroxylation is 1. The van der Waals surface area contributed by atoms with E-state index in [1.807, 2.05) is 32.6 Å². The molecule has 0 N–H and O–H groups in total. The molecule has 5 aliphatic rings. The zero-order valence-electron chi connectivity index (χ0n) is 30.5. The van der Waals surface area contributed by atoms with Crippen LogP contribution < -0.4 is 14.4 Å². The van der Waals surface area contributed by atoms with Crippen LogP contribution in [0.3, 0.4) is 0 Å². The van der Waals surface area contributed by atoms with Crippen molar-refractivity contribution in [2.75, 3.05) is 51.6 Å². The van der Waals surface area contributed by atoms with Crippen LogP contribution in [0.15, 0.2) is 12.1 Å². The minimum atomic E-state index is -0.918. The fourth-order valence-electron chi connectivity index (χ4n) is 8.90. The second-order valence-electron chi connectivity index (χ2n) is 16.1. The van der Waals surface area contributed by atoms with E-state index in [4.69, 9.17) is 45.5 Å². The van der Waals surface area contributed by atoms with Crippen molar-refractivity contribution in [2.24, 2.45) is 0 Å². The number of alkyl halides is 1. The predicted octanol–water partition coefficient (Wildman–Crippen LogP) is 7.20. The highest BCUT2D eigenvalue weighted by atomic mass is 35.5. The van der Waals surface area contributed by atoms with E-state index in [1.165, 1.54) is 7.11 Å². The number of hydrogen-bond acceptors (Lipinski definition) is 10. The first-order valence-corrected chi connectivity index (χ1v) is 18.8. The summed E-state index contributed by atoms with van der Waals surface area (Å²) in [6, 6.07) is 3.32. The van der Waals surface area contributed by atoms with Gasteiger partial charge in [0.15, 0.2) is 12.6 Å². The molecule has 6 heterocycles. The highest BCUT2D eigenvalue weighted by molar-refractivity contribution is 6.32. The first-order valence-electron chi connectivity index (χ1n) is 18.5. The summed E-state index contributed by atoms with van der Waals surface area (Å²) in [5.74, 6) is 0.521. The third-order valence-corrected chi connectivity index (χ3v) is 11.5. The van der Waals surface area contributed by atoms with Crippen LogP contribution >= 0.6 is 11.6 Å². The Hall–Kier alpha value is -3.55. The summed E-state index contributed by atoms with van der Waals surface area (Å²) >= 11 is 6.83. The fraction of sp³-hybridized carbons (Fsp3) is 0.632. The summed E-state index contributed by atoms with van der Waals surface area (Å²) in [5.41, 5.74) is 1.09. The Balaban J connectivity index is 1.22. The molecule has 280 valence electrons. The molecule has 4 saturated heterocycles. The Morgan fingerprint density at radius 3 is 2.50 bits per heavy atom. The van der Waals surface area contributed by atoms with Crippen LogP contribution in [-0.2, 0) is 9.47 Å². The molecular weight excluding hydrogens is 694 g/mol. The Labute approximate surface area is 307 Å². The number of amides is 1. The number of carbonyl (C=O) groups excluding carboxylic acids is 1. The average molecular weight is 741 g/mol. The Bertz CT molecular complexity index is 1880. The van der Waals surface area contributed by atoms with Gasteiger partial charge in [0.1, 0.15) is 41.2 Å². The molecule has 0 unspecified atom stereocenters. The van der Waals surface area contributed by atoms with Gasteiger partial charge in [-0.25, -0.2) is 18.6 Å². The normalized spacial score (nSPS) is 26.0. The molecule has 2 bridgehead atoms. The summed E-state index contributed by atoms with van der Waals surface area (Å²) in [4.78, 5) is 34.0. The van der Waals surface area contributed by atoms with Crippen LogP contribution in [-0.4, -0.2) is 107 Å². The molecule has 52 heavy (non-hydrogen) atoms. The lowest BCUT2D eigenvalue weighted by molar-refractivity contribution is 0.0122. The molecule has 1 amide bonds. The standard InChI is InChI=1S/C38H47ClF2N6O5/c1-21-29-33(31(41)32(42-21)27-13-26(51-20-49-5)14-28(39)30(27)22-7-8-22)43-35(50-19-38-11-6-12-46(38)16-23(40)15-38)44-34(29)45-17-24-9-10-25(18-45)47(24)36(48)52-37(2,3)4/h13-14,22-25H,6-12,15-20H2,1-5H3/t23-,24-,25+,38+/m1/s1. The number of ether oxygens (including phenoxy) is 4. The van der Waals surface area contributed by atoms with Gasteiger partial charge in [0.2, 0.25) is 0 Å². The topological polar surface area (TPSA) is 102 Å². The number of rotatable bonds is 9. The molecule has 2 aromatic heterocycles. The number of piperazine rings is 1. The minimum absolute atomic E-state index is 0.00768. The number of benzene rings is 1. The average Bonchev–Trinajstić information content (AvgIpc) is 3.69. The lowest BCUT2D eigenvalue weighted by atomic mass is 9.95. The lowest BCUT2D eigenvalue weighted by Gasteiger charge is -2.42. The van der Waals surface area contributed by atoms with Crippen molar-refractivity contribution in [1.29, 1.82) is 0 Å². The number of carbonyl (C=O) groups is 1. The largest absolute Gasteiger partial charge is 0.467 e. The van der Waals surface area contributed by atoms with Gasteiger partial charge in [0.05, 0.1) is 28.7 Å². The quantitative estimate of drug-likeness (QED) is 0.210. The summed E-state index contributed by atoms with van der Waals surface area (Å²) in [7, 11) is 1.53. The maximum atomic E-state index is 17.3. The van der Waals surface area contributed by atoms with Crippen molar-refractivity contribution in [3.05, 3.63) is 34.2 Å². The van der Waals surface area contributed by atoms with Crippen LogP contribution in [0, 0.1) is 12.7 Å². The van der Waals surface area contributed by atoms with Gasteiger partial charge in [-0.1, -0.05) is 11.6 Å². The maximum absolute atomic E-state index is 17.3. The summed E-state index contributed by atoms with van der Waals surface area (Å²) < 4.78 is 55.0. The van der Waals surface area contributed by atoms with E-state index in [0.29, 0.717) is 59.3 Å². The third kappa shape index (κ3) is 6.51. The van der Waals surface area contributed by atoms with E-state index >= 15 is 4.39 Å². The van der Waals surface area contributed by atoms with Gasteiger partial charge < -0.3 is 23.8 Å². The van der Waals surface area contributed by atoms with Crippen molar-refractivity contribution in [3.8, 4) is 23.0 Å². The number of pyridine rings is 1. The third-order valence-electron chi connectivity index (χ3n) is 11.2. The number of hydrogen-bond donors (Lipinski definition) is 0. The van der Waals surface area contributed by atoms with Gasteiger partial charge in [0.25, 0.3) is 0 Å². The number of halogens is 3. The molecule has 1 aliphatic carbocycles. The van der Waals surface area contributed by atoms with Crippen molar-refractivity contribution in [2.45, 2.75) is 108 Å². The van der Waals surface area contributed by atoms with Crippen molar-refractivity contribution in [1.82, 2.24) is 24.8 Å². The Morgan fingerprint density at radius 1 is 1.06 bits per heavy atom. The second-order valence-corrected chi connectivity index (χ2v) is 16.6. The number of aromatic nitrogens is 3. The predicted molar refractivity (Wildman–Crippen MR) is 193 cm³/mol. The molecule has 11 nitrogen and oxygen atoms in total. The molecule has 14 heteroatoms. The molecular formula is C38H47ClF2N6O5. The SMILES string of the molecule is COCOc1cc(Cl)c(C2CC2)c(-c2nc(C)c3c(N4C[C@H]5CC[C@@H](C4)N5C(=O)OC(C)(C)C)nc(OC[C@@]45CCCN4C[C@H](F)C5)nc3c2F)c1. The maximum Gasteiger partial charge on any atom is 0.410 e. The van der Waals surface area contributed by atoms with Gasteiger partial charge in [-0.2, -0.15) is 9.97 Å². The summed E-state index contributed by atoms with van der Waals surface area (Å²) in [6.45, 7) is 9.81. The van der Waals surface area contributed by atoms with Gasteiger partial charge in [0, 0.05) is 43.8 Å². The van der Waals surface area contributed by atoms with Crippen LogP contribution in [0.4, 0.5) is 19.4 Å². The van der Waals surface area contributed by atoms with Gasteiger partial charge >= 0.3 is 12.1 Å².